The zero-order valence-electron chi connectivity index (χ0n) is 21.9. The third-order valence-electron chi connectivity index (χ3n) is 5.89. The van der Waals surface area contributed by atoms with Gasteiger partial charge in [-0.1, -0.05) is 25.0 Å². The van der Waals surface area contributed by atoms with E-state index in [0.717, 1.165) is 43.9 Å². The maximum atomic E-state index is 13.2. The Balaban J connectivity index is 1.29. The van der Waals surface area contributed by atoms with Crippen molar-refractivity contribution >= 4 is 17.8 Å². The van der Waals surface area contributed by atoms with Crippen LogP contribution in [0.2, 0.25) is 0 Å². The minimum absolute atomic E-state index is 0.181. The number of nitrogens with one attached hydrogen (secondary N) is 1. The molecule has 2 aromatic rings. The highest BCUT2D eigenvalue weighted by atomic mass is 19.1. The van der Waals surface area contributed by atoms with Crippen molar-refractivity contribution in [3.8, 4) is 5.75 Å². The second kappa shape index (κ2) is 13.3. The van der Waals surface area contributed by atoms with Gasteiger partial charge in [-0.25, -0.2) is 18.4 Å². The zero-order chi connectivity index (χ0) is 26.8. The van der Waals surface area contributed by atoms with Crippen LogP contribution in [0.25, 0.3) is 0 Å². The van der Waals surface area contributed by atoms with Crippen LogP contribution in [0.1, 0.15) is 52.0 Å². The highest BCUT2D eigenvalue weighted by molar-refractivity contribution is 5.89. The lowest BCUT2D eigenvalue weighted by Crippen LogP contribution is -2.52. The van der Waals surface area contributed by atoms with Gasteiger partial charge in [-0.2, -0.15) is 0 Å². The van der Waals surface area contributed by atoms with Crippen molar-refractivity contribution in [2.75, 3.05) is 38.1 Å². The van der Waals surface area contributed by atoms with E-state index in [9.17, 15) is 18.4 Å². The Morgan fingerprint density at radius 3 is 2.08 bits per heavy atom. The quantitative estimate of drug-likeness (QED) is 0.400. The lowest BCUT2D eigenvalue weighted by molar-refractivity contribution is 0.0174. The van der Waals surface area contributed by atoms with E-state index in [1.165, 1.54) is 17.7 Å². The summed E-state index contributed by atoms with van der Waals surface area (Å²) in [6, 6.07) is 10.8. The third-order valence-corrected chi connectivity index (χ3v) is 5.89. The Bertz CT molecular complexity index is 1010. The van der Waals surface area contributed by atoms with E-state index in [1.54, 1.807) is 9.80 Å². The first-order chi connectivity index (χ1) is 17.6. The highest BCUT2D eigenvalue weighted by Gasteiger charge is 2.27. The second-order valence-corrected chi connectivity index (χ2v) is 10.2. The van der Waals surface area contributed by atoms with Gasteiger partial charge in [0.25, 0.3) is 0 Å². The molecule has 0 bridgehead atoms. The zero-order valence-corrected chi connectivity index (χ0v) is 21.9. The summed E-state index contributed by atoms with van der Waals surface area (Å²) in [5.74, 6) is -1.06. The highest BCUT2D eigenvalue weighted by Crippen LogP contribution is 2.17. The molecule has 0 unspecified atom stereocenters. The van der Waals surface area contributed by atoms with Gasteiger partial charge < -0.3 is 24.6 Å². The van der Waals surface area contributed by atoms with Gasteiger partial charge in [0.05, 0.1) is 6.61 Å². The van der Waals surface area contributed by atoms with Crippen molar-refractivity contribution in [3.63, 3.8) is 0 Å². The summed E-state index contributed by atoms with van der Waals surface area (Å²) < 4.78 is 37.1. The molecule has 1 aliphatic heterocycles. The summed E-state index contributed by atoms with van der Waals surface area (Å²) in [6.45, 7) is 7.71. The lowest BCUT2D eigenvalue weighted by atomic mass is 10.1. The number of hydrogen-bond acceptors (Lipinski definition) is 4. The molecular weight excluding hydrogens is 480 g/mol. The molecule has 7 nitrogen and oxygen atoms in total. The van der Waals surface area contributed by atoms with Gasteiger partial charge in [0.15, 0.2) is 0 Å². The molecule has 0 aliphatic carbocycles. The largest absolute Gasteiger partial charge is 0.493 e. The number of piperazine rings is 1. The molecule has 1 aliphatic rings. The second-order valence-electron chi connectivity index (χ2n) is 10.2. The minimum Gasteiger partial charge on any atom is -0.493 e. The molecule has 1 heterocycles. The van der Waals surface area contributed by atoms with Gasteiger partial charge in [-0.15, -0.1) is 0 Å². The van der Waals surface area contributed by atoms with Gasteiger partial charge in [0.1, 0.15) is 23.0 Å². The van der Waals surface area contributed by atoms with E-state index in [1.807, 2.05) is 45.0 Å². The Morgan fingerprint density at radius 1 is 0.865 bits per heavy atom. The average Bonchev–Trinajstić information content (AvgIpc) is 2.83. The van der Waals surface area contributed by atoms with Crippen LogP contribution in [-0.4, -0.2) is 60.3 Å². The van der Waals surface area contributed by atoms with Crippen LogP contribution >= 0.6 is 0 Å². The predicted octanol–water partition coefficient (Wildman–Crippen LogP) is 6.23. The Hall–Kier alpha value is -3.36. The summed E-state index contributed by atoms with van der Waals surface area (Å²) in [4.78, 5) is 28.1. The summed E-state index contributed by atoms with van der Waals surface area (Å²) in [6.07, 6.45) is 4.40. The fraction of sp³-hybridized carbons (Fsp3) is 0.500. The molecule has 3 rings (SSSR count). The van der Waals surface area contributed by atoms with Crippen molar-refractivity contribution in [2.24, 2.45) is 0 Å². The molecule has 9 heteroatoms. The number of amides is 3. The number of unbranched alkanes of at least 4 members (excludes halogenated alkanes) is 3. The fourth-order valence-electron chi connectivity index (χ4n) is 3.96. The van der Waals surface area contributed by atoms with Crippen molar-refractivity contribution in [1.82, 2.24) is 9.80 Å². The third kappa shape index (κ3) is 9.90. The van der Waals surface area contributed by atoms with Gasteiger partial charge in [-0.05, 0) is 57.7 Å². The SMILES string of the molecule is CC(C)(C)OC(=O)N1CCN(C(=O)Nc2ccc(CCCCCCOc3cc(F)cc(F)c3)cc2)CC1. The molecule has 0 spiro atoms. The van der Waals surface area contributed by atoms with Crippen LogP contribution < -0.4 is 10.1 Å². The Morgan fingerprint density at radius 2 is 1.46 bits per heavy atom. The van der Waals surface area contributed by atoms with E-state index < -0.39 is 17.2 Å². The van der Waals surface area contributed by atoms with Crippen LogP contribution in [0, 0.1) is 11.6 Å². The first kappa shape index (κ1) is 28.2. The maximum absolute atomic E-state index is 13.2. The van der Waals surface area contributed by atoms with Crippen LogP contribution in [-0.2, 0) is 11.2 Å². The van der Waals surface area contributed by atoms with Crippen molar-refractivity contribution in [2.45, 2.75) is 58.5 Å². The fourth-order valence-corrected chi connectivity index (χ4v) is 3.96. The van der Waals surface area contributed by atoms with Gasteiger partial charge in [0, 0.05) is 50.1 Å². The van der Waals surface area contributed by atoms with Gasteiger partial charge in [-0.3, -0.25) is 0 Å². The number of hydrogen-bond donors (Lipinski definition) is 1. The molecule has 0 atom stereocenters. The number of aryl methyl sites for hydroxylation is 1. The number of benzene rings is 2. The molecule has 0 aromatic heterocycles. The van der Waals surface area contributed by atoms with E-state index in [4.69, 9.17) is 9.47 Å². The first-order valence-corrected chi connectivity index (χ1v) is 12.8. The molecule has 37 heavy (non-hydrogen) atoms. The molecule has 1 saturated heterocycles. The number of halogens is 2. The molecule has 0 radical (unpaired) electrons. The summed E-state index contributed by atoms with van der Waals surface area (Å²) >= 11 is 0. The lowest BCUT2D eigenvalue weighted by Gasteiger charge is -2.35. The number of nitrogens with zero attached hydrogens (tertiary/aromatic N) is 2. The molecule has 0 saturated carbocycles. The van der Waals surface area contributed by atoms with E-state index >= 15 is 0 Å². The Kier molecular flexibility index (Phi) is 10.1. The van der Waals surface area contributed by atoms with E-state index in [0.29, 0.717) is 32.8 Å². The molecule has 1 fully saturated rings. The molecular formula is C28H37F2N3O4. The molecule has 2 aromatic carbocycles. The number of anilines is 1. The van der Waals surface area contributed by atoms with Gasteiger partial charge in [0.2, 0.25) is 0 Å². The first-order valence-electron chi connectivity index (χ1n) is 12.8. The number of ether oxygens (including phenoxy) is 2. The van der Waals surface area contributed by atoms with Crippen LogP contribution in [0.15, 0.2) is 42.5 Å². The molecule has 202 valence electrons. The van der Waals surface area contributed by atoms with Gasteiger partial charge >= 0.3 is 12.1 Å². The standard InChI is InChI=1S/C28H37F2N3O4/c1-28(2,3)37-27(35)33-15-13-32(14-16-33)26(34)31-24-11-9-21(10-12-24)8-6-4-5-7-17-36-25-19-22(29)18-23(30)20-25/h9-12,18-20H,4-8,13-17H2,1-3H3,(H,31,34). The van der Waals surface area contributed by atoms with E-state index in [2.05, 4.69) is 5.32 Å². The van der Waals surface area contributed by atoms with Crippen molar-refractivity contribution in [3.05, 3.63) is 59.7 Å². The summed E-state index contributed by atoms with van der Waals surface area (Å²) in [5, 5.41) is 2.92. The molecule has 1 N–H and O–H groups in total. The normalized spacial score (nSPS) is 13.9. The van der Waals surface area contributed by atoms with Crippen molar-refractivity contribution < 1.29 is 27.8 Å². The Labute approximate surface area is 217 Å². The predicted molar refractivity (Wildman–Crippen MR) is 139 cm³/mol. The molecule has 3 amide bonds. The van der Waals surface area contributed by atoms with Crippen LogP contribution in [0.4, 0.5) is 24.1 Å². The minimum atomic E-state index is -0.640. The smallest absolute Gasteiger partial charge is 0.410 e. The van der Waals surface area contributed by atoms with Crippen molar-refractivity contribution in [1.29, 1.82) is 0 Å². The average molecular weight is 518 g/mol. The number of carbonyl (C=O) groups excluding carboxylic acids is 2. The number of carbonyl (C=O) groups is 2. The number of urea groups is 1. The van der Waals surface area contributed by atoms with E-state index in [-0.39, 0.29) is 17.9 Å². The summed E-state index contributed by atoms with van der Waals surface area (Å²) in [7, 11) is 0. The maximum Gasteiger partial charge on any atom is 0.410 e. The van der Waals surface area contributed by atoms with Crippen LogP contribution in [0.3, 0.4) is 0 Å². The summed E-state index contributed by atoms with van der Waals surface area (Å²) in [5.41, 5.74) is 1.38. The number of rotatable bonds is 9. The van der Waals surface area contributed by atoms with Crippen LogP contribution in [0.5, 0.6) is 5.75 Å². The topological polar surface area (TPSA) is 71.1 Å². The monoisotopic (exact) mass is 517 g/mol.